The van der Waals surface area contributed by atoms with Crippen LogP contribution in [0.1, 0.15) is 19.8 Å². The minimum Gasteiger partial charge on any atom is -0.356 e. The molecule has 1 saturated heterocycles. The van der Waals surface area contributed by atoms with Gasteiger partial charge in [0.15, 0.2) is 5.65 Å². The number of fused-ring (bicyclic) bond motifs is 1. The number of nitrogens with one attached hydrogen (secondary N) is 1. The number of rotatable bonds is 3. The van der Waals surface area contributed by atoms with Gasteiger partial charge in [-0.25, -0.2) is 9.97 Å². The SMILES string of the molecule is CCNC1CCN(c2ccc3nccnc3n2)CC1. The summed E-state index contributed by atoms with van der Waals surface area (Å²) in [6.07, 6.45) is 5.74. The summed E-state index contributed by atoms with van der Waals surface area (Å²) in [5, 5.41) is 3.52. The molecule has 0 radical (unpaired) electrons. The molecule has 2 aromatic rings. The number of piperidine rings is 1. The third kappa shape index (κ3) is 2.66. The lowest BCUT2D eigenvalue weighted by Crippen LogP contribution is -2.42. The quantitative estimate of drug-likeness (QED) is 0.905. The Hall–Kier alpha value is -1.75. The summed E-state index contributed by atoms with van der Waals surface area (Å²) >= 11 is 0. The van der Waals surface area contributed by atoms with Gasteiger partial charge in [0.1, 0.15) is 11.3 Å². The van der Waals surface area contributed by atoms with Crippen molar-refractivity contribution in [2.24, 2.45) is 0 Å². The van der Waals surface area contributed by atoms with E-state index < -0.39 is 0 Å². The van der Waals surface area contributed by atoms with Gasteiger partial charge in [-0.1, -0.05) is 6.92 Å². The van der Waals surface area contributed by atoms with E-state index in [-0.39, 0.29) is 0 Å². The summed E-state index contributed by atoms with van der Waals surface area (Å²) in [5.41, 5.74) is 1.59. The van der Waals surface area contributed by atoms with Gasteiger partial charge < -0.3 is 10.2 Å². The van der Waals surface area contributed by atoms with Crippen LogP contribution in [0.15, 0.2) is 24.5 Å². The Morgan fingerprint density at radius 3 is 2.79 bits per heavy atom. The highest BCUT2D eigenvalue weighted by Gasteiger charge is 2.19. The molecule has 1 fully saturated rings. The van der Waals surface area contributed by atoms with Crippen molar-refractivity contribution in [2.45, 2.75) is 25.8 Å². The van der Waals surface area contributed by atoms with Gasteiger partial charge in [0.2, 0.25) is 0 Å². The van der Waals surface area contributed by atoms with E-state index in [1.165, 1.54) is 12.8 Å². The topological polar surface area (TPSA) is 53.9 Å². The molecule has 0 atom stereocenters. The first-order valence-electron chi connectivity index (χ1n) is 6.93. The lowest BCUT2D eigenvalue weighted by molar-refractivity contribution is 0.422. The molecule has 1 aliphatic heterocycles. The molecule has 0 saturated carbocycles. The van der Waals surface area contributed by atoms with Gasteiger partial charge in [-0.2, -0.15) is 0 Å². The maximum Gasteiger partial charge on any atom is 0.180 e. The molecule has 1 aliphatic rings. The van der Waals surface area contributed by atoms with Crippen molar-refractivity contribution in [3.63, 3.8) is 0 Å². The first kappa shape index (κ1) is 12.3. The van der Waals surface area contributed by atoms with Crippen molar-refractivity contribution in [3.05, 3.63) is 24.5 Å². The Morgan fingerprint density at radius 1 is 1.21 bits per heavy atom. The molecule has 0 spiro atoms. The van der Waals surface area contributed by atoms with E-state index in [0.717, 1.165) is 36.6 Å². The molecule has 0 amide bonds. The molecule has 100 valence electrons. The first-order valence-corrected chi connectivity index (χ1v) is 6.93. The molecular weight excluding hydrogens is 238 g/mol. The molecule has 1 N–H and O–H groups in total. The predicted octanol–water partition coefficient (Wildman–Crippen LogP) is 1.60. The zero-order chi connectivity index (χ0) is 13.1. The molecule has 0 unspecified atom stereocenters. The maximum absolute atomic E-state index is 4.60. The Morgan fingerprint density at radius 2 is 2.00 bits per heavy atom. The van der Waals surface area contributed by atoms with Crippen LogP contribution >= 0.6 is 0 Å². The van der Waals surface area contributed by atoms with Crippen LogP contribution in [0, 0.1) is 0 Å². The van der Waals surface area contributed by atoms with Crippen molar-refractivity contribution in [3.8, 4) is 0 Å². The van der Waals surface area contributed by atoms with Crippen LogP contribution in [0.5, 0.6) is 0 Å². The van der Waals surface area contributed by atoms with E-state index >= 15 is 0 Å². The molecular formula is C14H19N5. The molecule has 0 aliphatic carbocycles. The summed E-state index contributed by atoms with van der Waals surface area (Å²) in [7, 11) is 0. The van der Waals surface area contributed by atoms with E-state index in [0.29, 0.717) is 6.04 Å². The highest BCUT2D eigenvalue weighted by molar-refractivity contribution is 5.71. The average molecular weight is 257 g/mol. The number of hydrogen-bond acceptors (Lipinski definition) is 5. The van der Waals surface area contributed by atoms with E-state index in [2.05, 4.69) is 32.1 Å². The van der Waals surface area contributed by atoms with Crippen LogP contribution in [0.4, 0.5) is 5.82 Å². The zero-order valence-corrected chi connectivity index (χ0v) is 11.2. The van der Waals surface area contributed by atoms with Gasteiger partial charge >= 0.3 is 0 Å². The van der Waals surface area contributed by atoms with E-state index in [1.807, 2.05) is 12.1 Å². The third-order valence-electron chi connectivity index (χ3n) is 3.63. The molecule has 19 heavy (non-hydrogen) atoms. The summed E-state index contributed by atoms with van der Waals surface area (Å²) in [5.74, 6) is 1.02. The molecule has 2 aromatic heterocycles. The number of anilines is 1. The van der Waals surface area contributed by atoms with Crippen LogP contribution in [0.2, 0.25) is 0 Å². The zero-order valence-electron chi connectivity index (χ0n) is 11.2. The smallest absolute Gasteiger partial charge is 0.180 e. The van der Waals surface area contributed by atoms with Crippen molar-refractivity contribution in [1.29, 1.82) is 0 Å². The predicted molar refractivity (Wildman–Crippen MR) is 76.2 cm³/mol. The van der Waals surface area contributed by atoms with Gasteiger partial charge in [0, 0.05) is 31.5 Å². The number of aromatic nitrogens is 3. The van der Waals surface area contributed by atoms with E-state index in [4.69, 9.17) is 0 Å². The number of pyridine rings is 1. The van der Waals surface area contributed by atoms with Gasteiger partial charge in [0.05, 0.1) is 0 Å². The summed E-state index contributed by atoms with van der Waals surface area (Å²) < 4.78 is 0. The minimum absolute atomic E-state index is 0.654. The molecule has 3 heterocycles. The standard InChI is InChI=1S/C14H19N5/c1-2-15-11-5-9-19(10-6-11)13-4-3-12-14(18-13)17-8-7-16-12/h3-4,7-8,11,15H,2,5-6,9-10H2,1H3. The van der Waals surface area contributed by atoms with Crippen LogP contribution in [0.3, 0.4) is 0 Å². The van der Waals surface area contributed by atoms with Gasteiger partial charge in [-0.05, 0) is 31.5 Å². The lowest BCUT2D eigenvalue weighted by atomic mass is 10.1. The normalized spacial score (nSPS) is 17.0. The molecule has 3 rings (SSSR count). The van der Waals surface area contributed by atoms with Crippen molar-refractivity contribution < 1.29 is 0 Å². The maximum atomic E-state index is 4.60. The van der Waals surface area contributed by atoms with Crippen LogP contribution in [-0.2, 0) is 0 Å². The fourth-order valence-electron chi connectivity index (χ4n) is 2.62. The number of nitrogens with zero attached hydrogens (tertiary/aromatic N) is 4. The Bertz CT molecular complexity index is 548. The highest BCUT2D eigenvalue weighted by atomic mass is 15.2. The van der Waals surface area contributed by atoms with Crippen molar-refractivity contribution in [2.75, 3.05) is 24.5 Å². The molecule has 0 aromatic carbocycles. The van der Waals surface area contributed by atoms with Gasteiger partial charge in [0.25, 0.3) is 0 Å². The average Bonchev–Trinajstić information content (AvgIpc) is 2.48. The third-order valence-corrected chi connectivity index (χ3v) is 3.63. The second kappa shape index (κ2) is 5.48. The van der Waals surface area contributed by atoms with E-state index in [9.17, 15) is 0 Å². The van der Waals surface area contributed by atoms with Gasteiger partial charge in [-0.15, -0.1) is 0 Å². The molecule has 0 bridgehead atoms. The fourth-order valence-corrected chi connectivity index (χ4v) is 2.62. The van der Waals surface area contributed by atoms with Crippen LogP contribution in [0.25, 0.3) is 11.2 Å². The minimum atomic E-state index is 0.654. The van der Waals surface area contributed by atoms with Gasteiger partial charge in [-0.3, -0.25) is 4.98 Å². The second-order valence-electron chi connectivity index (χ2n) is 4.89. The number of hydrogen-bond donors (Lipinski definition) is 1. The second-order valence-corrected chi connectivity index (χ2v) is 4.89. The fraction of sp³-hybridized carbons (Fsp3) is 0.500. The molecule has 5 heteroatoms. The van der Waals surface area contributed by atoms with Crippen molar-refractivity contribution >= 4 is 17.0 Å². The summed E-state index contributed by atoms with van der Waals surface area (Å²) in [6.45, 7) is 5.32. The summed E-state index contributed by atoms with van der Waals surface area (Å²) in [4.78, 5) is 15.5. The highest BCUT2D eigenvalue weighted by Crippen LogP contribution is 2.19. The lowest BCUT2D eigenvalue weighted by Gasteiger charge is -2.33. The Kier molecular flexibility index (Phi) is 3.55. The van der Waals surface area contributed by atoms with E-state index in [1.54, 1.807) is 12.4 Å². The molecule has 5 nitrogen and oxygen atoms in total. The first-order chi connectivity index (χ1) is 9.36. The van der Waals surface area contributed by atoms with Crippen molar-refractivity contribution in [1.82, 2.24) is 20.3 Å². The monoisotopic (exact) mass is 257 g/mol. The summed E-state index contributed by atoms with van der Waals surface area (Å²) in [6, 6.07) is 4.70. The Labute approximate surface area is 113 Å². The largest absolute Gasteiger partial charge is 0.356 e. The Balaban J connectivity index is 1.74. The van der Waals surface area contributed by atoms with Crippen LogP contribution in [-0.4, -0.2) is 40.6 Å². The van der Waals surface area contributed by atoms with Crippen LogP contribution < -0.4 is 10.2 Å².